The number of nitrogens with two attached hydrogens (primary N) is 1. The van der Waals surface area contributed by atoms with Gasteiger partial charge in [0.2, 0.25) is 0 Å². The zero-order chi connectivity index (χ0) is 14.7. The largest absolute Gasteiger partial charge is 0.396 e. The van der Waals surface area contributed by atoms with Crippen molar-refractivity contribution < 1.29 is 0 Å². The van der Waals surface area contributed by atoms with E-state index in [1.807, 2.05) is 10.9 Å². The SMILES string of the molecule is Cc1cccc(N2CCN(CCn3cc(N)cn3)CC2)c1. The van der Waals surface area contributed by atoms with Crippen LogP contribution in [0.4, 0.5) is 11.4 Å². The van der Waals surface area contributed by atoms with Crippen molar-refractivity contribution in [1.29, 1.82) is 0 Å². The highest BCUT2D eigenvalue weighted by Gasteiger charge is 2.16. The van der Waals surface area contributed by atoms with Crippen LogP contribution < -0.4 is 10.6 Å². The number of hydrogen-bond donors (Lipinski definition) is 1. The van der Waals surface area contributed by atoms with Crippen molar-refractivity contribution in [3.05, 3.63) is 42.2 Å². The molecule has 2 aromatic rings. The molecule has 1 fully saturated rings. The molecule has 1 aliphatic heterocycles. The Morgan fingerprint density at radius 2 is 1.95 bits per heavy atom. The molecule has 0 unspecified atom stereocenters. The molecule has 0 bridgehead atoms. The molecule has 112 valence electrons. The standard InChI is InChI=1S/C16H23N5/c1-14-3-2-4-16(11-14)20-8-5-19(6-9-20)7-10-21-13-15(17)12-18-21/h2-4,11-13H,5-10,17H2,1H3. The molecule has 1 aliphatic rings. The lowest BCUT2D eigenvalue weighted by molar-refractivity contribution is 0.244. The Morgan fingerprint density at radius 3 is 2.62 bits per heavy atom. The van der Waals surface area contributed by atoms with E-state index in [2.05, 4.69) is 46.1 Å². The lowest BCUT2D eigenvalue weighted by Gasteiger charge is -2.36. The average Bonchev–Trinajstić information content (AvgIpc) is 2.91. The van der Waals surface area contributed by atoms with Crippen molar-refractivity contribution in [2.75, 3.05) is 43.4 Å². The molecule has 5 nitrogen and oxygen atoms in total. The van der Waals surface area contributed by atoms with Crippen LogP contribution in [-0.4, -0.2) is 47.4 Å². The molecule has 2 N–H and O–H groups in total. The van der Waals surface area contributed by atoms with Gasteiger partial charge in [-0.2, -0.15) is 5.10 Å². The maximum Gasteiger partial charge on any atom is 0.0719 e. The highest BCUT2D eigenvalue weighted by atomic mass is 15.3. The molecule has 5 heteroatoms. The molecule has 0 radical (unpaired) electrons. The first-order chi connectivity index (χ1) is 10.2. The molecule has 1 aromatic carbocycles. The van der Waals surface area contributed by atoms with E-state index in [4.69, 9.17) is 5.73 Å². The number of nitrogens with zero attached hydrogens (tertiary/aromatic N) is 4. The summed E-state index contributed by atoms with van der Waals surface area (Å²) in [6.07, 6.45) is 3.60. The van der Waals surface area contributed by atoms with Crippen molar-refractivity contribution >= 4 is 11.4 Å². The van der Waals surface area contributed by atoms with Crippen molar-refractivity contribution in [3.8, 4) is 0 Å². The van der Waals surface area contributed by atoms with Gasteiger partial charge in [-0.3, -0.25) is 9.58 Å². The molecule has 0 amide bonds. The first kappa shape index (κ1) is 13.9. The summed E-state index contributed by atoms with van der Waals surface area (Å²) in [7, 11) is 0. The number of hydrogen-bond acceptors (Lipinski definition) is 4. The molecule has 0 aliphatic carbocycles. The van der Waals surface area contributed by atoms with Gasteiger partial charge >= 0.3 is 0 Å². The molecule has 0 saturated carbocycles. The lowest BCUT2D eigenvalue weighted by Crippen LogP contribution is -2.47. The summed E-state index contributed by atoms with van der Waals surface area (Å²) in [6.45, 7) is 8.46. The summed E-state index contributed by atoms with van der Waals surface area (Å²) in [5.41, 5.74) is 9.08. The smallest absolute Gasteiger partial charge is 0.0719 e. The highest BCUT2D eigenvalue weighted by molar-refractivity contribution is 5.48. The summed E-state index contributed by atoms with van der Waals surface area (Å²) in [5.74, 6) is 0. The van der Waals surface area contributed by atoms with E-state index < -0.39 is 0 Å². The molecule has 1 aromatic heterocycles. The second-order valence-electron chi connectivity index (χ2n) is 5.70. The molecular formula is C16H23N5. The Hall–Kier alpha value is -2.01. The Bertz CT molecular complexity index is 584. The Kier molecular flexibility index (Phi) is 4.10. The van der Waals surface area contributed by atoms with Crippen LogP contribution in [0.15, 0.2) is 36.7 Å². The van der Waals surface area contributed by atoms with E-state index in [1.165, 1.54) is 11.3 Å². The van der Waals surface area contributed by atoms with Crippen LogP contribution in [0.25, 0.3) is 0 Å². The highest BCUT2D eigenvalue weighted by Crippen LogP contribution is 2.17. The van der Waals surface area contributed by atoms with Gasteiger partial charge < -0.3 is 10.6 Å². The monoisotopic (exact) mass is 285 g/mol. The Labute approximate surface area is 126 Å². The van der Waals surface area contributed by atoms with E-state index in [1.54, 1.807) is 6.20 Å². The van der Waals surface area contributed by atoms with Crippen LogP contribution in [0.1, 0.15) is 5.56 Å². The zero-order valence-corrected chi connectivity index (χ0v) is 12.6. The van der Waals surface area contributed by atoms with Crippen LogP contribution in [0.2, 0.25) is 0 Å². The molecular weight excluding hydrogens is 262 g/mol. The minimum absolute atomic E-state index is 0.735. The predicted octanol–water partition coefficient (Wildman–Crippen LogP) is 1.60. The lowest BCUT2D eigenvalue weighted by atomic mass is 10.2. The van der Waals surface area contributed by atoms with Gasteiger partial charge in [0.1, 0.15) is 0 Å². The van der Waals surface area contributed by atoms with Gasteiger partial charge in [0, 0.05) is 44.6 Å². The van der Waals surface area contributed by atoms with Gasteiger partial charge in [0.05, 0.1) is 18.4 Å². The summed E-state index contributed by atoms with van der Waals surface area (Å²) in [5, 5.41) is 4.23. The maximum absolute atomic E-state index is 5.68. The molecule has 2 heterocycles. The van der Waals surface area contributed by atoms with E-state index in [9.17, 15) is 0 Å². The number of anilines is 2. The fourth-order valence-corrected chi connectivity index (χ4v) is 2.80. The summed E-state index contributed by atoms with van der Waals surface area (Å²) in [4.78, 5) is 4.96. The summed E-state index contributed by atoms with van der Waals surface area (Å²) in [6, 6.07) is 8.76. The van der Waals surface area contributed by atoms with E-state index >= 15 is 0 Å². The zero-order valence-electron chi connectivity index (χ0n) is 12.6. The Morgan fingerprint density at radius 1 is 1.14 bits per heavy atom. The number of rotatable bonds is 4. The van der Waals surface area contributed by atoms with Crippen LogP contribution in [0.5, 0.6) is 0 Å². The summed E-state index contributed by atoms with van der Waals surface area (Å²) < 4.78 is 1.92. The van der Waals surface area contributed by atoms with Crippen molar-refractivity contribution in [2.24, 2.45) is 0 Å². The minimum atomic E-state index is 0.735. The van der Waals surface area contributed by atoms with Crippen LogP contribution in [0.3, 0.4) is 0 Å². The second-order valence-corrected chi connectivity index (χ2v) is 5.70. The first-order valence-electron chi connectivity index (χ1n) is 7.52. The van der Waals surface area contributed by atoms with Crippen LogP contribution >= 0.6 is 0 Å². The number of aryl methyl sites for hydroxylation is 1. The van der Waals surface area contributed by atoms with Crippen molar-refractivity contribution in [2.45, 2.75) is 13.5 Å². The van der Waals surface area contributed by atoms with Crippen molar-refractivity contribution in [1.82, 2.24) is 14.7 Å². The van der Waals surface area contributed by atoms with Gasteiger partial charge in [-0.15, -0.1) is 0 Å². The molecule has 21 heavy (non-hydrogen) atoms. The normalized spacial score (nSPS) is 16.3. The number of benzene rings is 1. The average molecular weight is 285 g/mol. The summed E-state index contributed by atoms with van der Waals surface area (Å²) >= 11 is 0. The third-order valence-electron chi connectivity index (χ3n) is 4.04. The van der Waals surface area contributed by atoms with Crippen LogP contribution in [-0.2, 0) is 6.54 Å². The molecule has 0 spiro atoms. The second kappa shape index (κ2) is 6.18. The molecule has 1 saturated heterocycles. The van der Waals surface area contributed by atoms with E-state index in [0.29, 0.717) is 0 Å². The third kappa shape index (κ3) is 3.55. The predicted molar refractivity (Wildman–Crippen MR) is 86.5 cm³/mol. The third-order valence-corrected chi connectivity index (χ3v) is 4.04. The fraction of sp³-hybridized carbons (Fsp3) is 0.438. The Balaban J connectivity index is 1.49. The number of nitrogen functional groups attached to an aromatic ring is 1. The fourth-order valence-electron chi connectivity index (χ4n) is 2.80. The van der Waals surface area contributed by atoms with E-state index in [0.717, 1.165) is 45.0 Å². The minimum Gasteiger partial charge on any atom is -0.396 e. The number of aromatic nitrogens is 2. The topological polar surface area (TPSA) is 50.3 Å². The molecule has 0 atom stereocenters. The van der Waals surface area contributed by atoms with E-state index in [-0.39, 0.29) is 0 Å². The first-order valence-corrected chi connectivity index (χ1v) is 7.52. The van der Waals surface area contributed by atoms with Gasteiger partial charge in [-0.25, -0.2) is 0 Å². The van der Waals surface area contributed by atoms with Gasteiger partial charge in [-0.1, -0.05) is 12.1 Å². The van der Waals surface area contributed by atoms with Gasteiger partial charge in [-0.05, 0) is 24.6 Å². The number of piperazine rings is 1. The quantitative estimate of drug-likeness (QED) is 0.927. The van der Waals surface area contributed by atoms with Gasteiger partial charge in [0.25, 0.3) is 0 Å². The maximum atomic E-state index is 5.68. The van der Waals surface area contributed by atoms with Crippen molar-refractivity contribution in [3.63, 3.8) is 0 Å². The van der Waals surface area contributed by atoms with Crippen LogP contribution in [0, 0.1) is 6.92 Å². The van der Waals surface area contributed by atoms with Gasteiger partial charge in [0.15, 0.2) is 0 Å². The molecule has 3 rings (SSSR count).